The van der Waals surface area contributed by atoms with Crippen molar-refractivity contribution in [3.05, 3.63) is 84.4 Å². The van der Waals surface area contributed by atoms with Crippen LogP contribution in [0.2, 0.25) is 0 Å². The Morgan fingerprint density at radius 1 is 0.800 bits per heavy atom. The third-order valence-electron chi connectivity index (χ3n) is 3.60. The van der Waals surface area contributed by atoms with Crippen LogP contribution in [0.15, 0.2) is 78.9 Å². The lowest BCUT2D eigenvalue weighted by Gasteiger charge is -2.06. The van der Waals surface area contributed by atoms with Crippen LogP contribution < -0.4 is 16.2 Å². The molecule has 0 amide bonds. The highest BCUT2D eigenvalue weighted by Crippen LogP contribution is 2.26. The van der Waals surface area contributed by atoms with Gasteiger partial charge in [-0.25, -0.2) is 4.79 Å². The van der Waals surface area contributed by atoms with Gasteiger partial charge in [0.15, 0.2) is 0 Å². The van der Waals surface area contributed by atoms with Crippen LogP contribution in [0.25, 0.3) is 17.2 Å². The summed E-state index contributed by atoms with van der Waals surface area (Å²) in [5, 5.41) is 0. The van der Waals surface area contributed by atoms with E-state index in [9.17, 15) is 4.79 Å². The molecule has 0 aliphatic rings. The number of rotatable bonds is 4. The molecule has 4 heteroatoms. The zero-order valence-electron chi connectivity index (χ0n) is 13.6. The molecule has 0 unspecified atom stereocenters. The lowest BCUT2D eigenvalue weighted by Crippen LogP contribution is -2.03. The summed E-state index contributed by atoms with van der Waals surface area (Å²) in [7, 11) is 0. The highest BCUT2D eigenvalue weighted by atomic mass is 16.5. The summed E-state index contributed by atoms with van der Waals surface area (Å²) in [6.07, 6.45) is 3.12. The van der Waals surface area contributed by atoms with E-state index in [4.69, 9.17) is 16.2 Å². The van der Waals surface area contributed by atoms with Crippen LogP contribution in [0, 0.1) is 0 Å². The second-order valence-corrected chi connectivity index (χ2v) is 5.58. The van der Waals surface area contributed by atoms with E-state index < -0.39 is 5.97 Å². The first-order chi connectivity index (χ1) is 12.1. The van der Waals surface area contributed by atoms with Gasteiger partial charge in [-0.3, -0.25) is 0 Å². The summed E-state index contributed by atoms with van der Waals surface area (Å²) in [5.74, 6) is 0.0492. The number of carbonyl (C=O) groups is 1. The van der Waals surface area contributed by atoms with Gasteiger partial charge in [0.05, 0.1) is 0 Å². The maximum atomic E-state index is 11.9. The fraction of sp³-hybridized carbons (Fsp3) is 0. The first-order valence-electron chi connectivity index (χ1n) is 7.81. The van der Waals surface area contributed by atoms with E-state index >= 15 is 0 Å². The largest absolute Gasteiger partial charge is 0.423 e. The van der Waals surface area contributed by atoms with Crippen LogP contribution in [0.4, 0.5) is 11.4 Å². The van der Waals surface area contributed by atoms with Crippen molar-refractivity contribution >= 4 is 23.4 Å². The molecule has 0 aliphatic carbocycles. The predicted molar refractivity (Wildman–Crippen MR) is 102 cm³/mol. The van der Waals surface area contributed by atoms with Gasteiger partial charge in [-0.15, -0.1) is 0 Å². The normalized spacial score (nSPS) is 10.7. The molecule has 3 rings (SSSR count). The molecule has 3 aromatic rings. The van der Waals surface area contributed by atoms with Crippen LogP contribution in [0.5, 0.6) is 5.75 Å². The van der Waals surface area contributed by atoms with Crippen molar-refractivity contribution in [2.45, 2.75) is 0 Å². The molecule has 25 heavy (non-hydrogen) atoms. The highest BCUT2D eigenvalue weighted by molar-refractivity contribution is 5.88. The zero-order chi connectivity index (χ0) is 17.6. The number of benzene rings is 3. The molecule has 3 aromatic carbocycles. The first kappa shape index (κ1) is 16.3. The Kier molecular flexibility index (Phi) is 4.81. The molecule has 0 saturated heterocycles. The Balaban J connectivity index is 1.68. The van der Waals surface area contributed by atoms with E-state index in [-0.39, 0.29) is 0 Å². The molecule has 0 fully saturated rings. The number of esters is 1. The number of hydrogen-bond donors (Lipinski definition) is 2. The molecule has 0 aliphatic heterocycles. The fourth-order valence-electron chi connectivity index (χ4n) is 2.44. The molecular formula is C21H18N2O2. The SMILES string of the molecule is Nc1cc(N)cc(-c2ccc(OC(=O)C=Cc3ccccc3)cc2)c1. The van der Waals surface area contributed by atoms with E-state index in [2.05, 4.69) is 0 Å². The van der Waals surface area contributed by atoms with Crippen LogP contribution >= 0.6 is 0 Å². The third kappa shape index (κ3) is 4.48. The van der Waals surface area contributed by atoms with Crippen molar-refractivity contribution in [1.82, 2.24) is 0 Å². The average Bonchev–Trinajstić information content (AvgIpc) is 2.61. The molecule has 0 spiro atoms. The van der Waals surface area contributed by atoms with Crippen molar-refractivity contribution in [3.8, 4) is 16.9 Å². The van der Waals surface area contributed by atoms with Crippen molar-refractivity contribution in [3.63, 3.8) is 0 Å². The summed E-state index contributed by atoms with van der Waals surface area (Å²) in [6, 6.07) is 22.2. The number of hydrogen-bond acceptors (Lipinski definition) is 4. The number of anilines is 2. The van der Waals surface area contributed by atoms with Crippen LogP contribution in [-0.2, 0) is 4.79 Å². The molecule has 4 N–H and O–H groups in total. The van der Waals surface area contributed by atoms with Crippen LogP contribution in [0.3, 0.4) is 0 Å². The summed E-state index contributed by atoms with van der Waals surface area (Å²) in [5.41, 5.74) is 15.6. The van der Waals surface area contributed by atoms with E-state index in [0.29, 0.717) is 17.1 Å². The minimum atomic E-state index is -0.426. The Bertz CT molecular complexity index is 881. The second kappa shape index (κ2) is 7.36. The van der Waals surface area contributed by atoms with E-state index in [1.165, 1.54) is 6.08 Å². The van der Waals surface area contributed by atoms with Crippen molar-refractivity contribution in [2.24, 2.45) is 0 Å². The monoisotopic (exact) mass is 330 g/mol. The number of nitrogen functional groups attached to an aromatic ring is 2. The lowest BCUT2D eigenvalue weighted by molar-refractivity contribution is -0.128. The average molecular weight is 330 g/mol. The Morgan fingerprint density at radius 2 is 1.44 bits per heavy atom. The molecule has 0 heterocycles. The Labute approximate surface area is 146 Å². The minimum Gasteiger partial charge on any atom is -0.423 e. The molecule has 4 nitrogen and oxygen atoms in total. The molecule has 0 aromatic heterocycles. The van der Waals surface area contributed by atoms with Crippen molar-refractivity contribution in [1.29, 1.82) is 0 Å². The topological polar surface area (TPSA) is 78.3 Å². The summed E-state index contributed by atoms with van der Waals surface area (Å²) < 4.78 is 5.30. The van der Waals surface area contributed by atoms with Gasteiger partial charge in [0.1, 0.15) is 5.75 Å². The van der Waals surface area contributed by atoms with E-state index in [0.717, 1.165) is 16.7 Å². The van der Waals surface area contributed by atoms with Gasteiger partial charge in [-0.05, 0) is 53.1 Å². The van der Waals surface area contributed by atoms with Gasteiger partial charge < -0.3 is 16.2 Å². The van der Waals surface area contributed by atoms with Crippen LogP contribution in [-0.4, -0.2) is 5.97 Å². The molecule has 0 radical (unpaired) electrons. The molecular weight excluding hydrogens is 312 g/mol. The second-order valence-electron chi connectivity index (χ2n) is 5.58. The highest BCUT2D eigenvalue weighted by Gasteiger charge is 2.04. The fourth-order valence-corrected chi connectivity index (χ4v) is 2.44. The van der Waals surface area contributed by atoms with E-state index in [1.54, 1.807) is 24.3 Å². The predicted octanol–water partition coefficient (Wildman–Crippen LogP) is 4.14. The Hall–Kier alpha value is -3.53. The van der Waals surface area contributed by atoms with Crippen LogP contribution in [0.1, 0.15) is 5.56 Å². The zero-order valence-corrected chi connectivity index (χ0v) is 13.6. The number of carbonyl (C=O) groups excluding carboxylic acids is 1. The van der Waals surface area contributed by atoms with Gasteiger partial charge in [-0.2, -0.15) is 0 Å². The quantitative estimate of drug-likeness (QED) is 0.326. The molecule has 0 bridgehead atoms. The number of nitrogens with two attached hydrogens (primary N) is 2. The molecule has 124 valence electrons. The van der Waals surface area contributed by atoms with Crippen molar-refractivity contribution < 1.29 is 9.53 Å². The van der Waals surface area contributed by atoms with E-state index in [1.807, 2.05) is 54.6 Å². The van der Waals surface area contributed by atoms with Gasteiger partial charge in [-0.1, -0.05) is 42.5 Å². The maximum Gasteiger partial charge on any atom is 0.336 e. The molecule has 0 atom stereocenters. The summed E-state index contributed by atoms with van der Waals surface area (Å²) >= 11 is 0. The number of ether oxygens (including phenoxy) is 1. The maximum absolute atomic E-state index is 11.9. The smallest absolute Gasteiger partial charge is 0.336 e. The van der Waals surface area contributed by atoms with Gasteiger partial charge in [0, 0.05) is 17.5 Å². The van der Waals surface area contributed by atoms with Gasteiger partial charge in [0.25, 0.3) is 0 Å². The van der Waals surface area contributed by atoms with Crippen molar-refractivity contribution in [2.75, 3.05) is 11.5 Å². The Morgan fingerprint density at radius 3 is 2.08 bits per heavy atom. The summed E-state index contributed by atoms with van der Waals surface area (Å²) in [4.78, 5) is 11.9. The third-order valence-corrected chi connectivity index (χ3v) is 3.60. The summed E-state index contributed by atoms with van der Waals surface area (Å²) in [6.45, 7) is 0. The minimum absolute atomic E-state index is 0.426. The lowest BCUT2D eigenvalue weighted by atomic mass is 10.0. The van der Waals surface area contributed by atoms with Gasteiger partial charge >= 0.3 is 5.97 Å². The standard InChI is InChI=1S/C21H18N2O2/c22-18-12-17(13-19(23)14-18)16-7-9-20(10-8-16)25-21(24)11-6-15-4-2-1-3-5-15/h1-14H,22-23H2. The van der Waals surface area contributed by atoms with Gasteiger partial charge in [0.2, 0.25) is 0 Å². The molecule has 0 saturated carbocycles. The first-order valence-corrected chi connectivity index (χ1v) is 7.81.